The quantitative estimate of drug-likeness (QED) is 0.785. The average Bonchev–Trinajstić information content (AvgIpc) is 3.07. The molecule has 1 atom stereocenters. The molecule has 1 aromatic carbocycles. The number of nitrogens with zero attached hydrogens (tertiary/aromatic N) is 3. The molecule has 0 aliphatic rings. The Kier molecular flexibility index (Phi) is 6.21. The lowest BCUT2D eigenvalue weighted by Crippen LogP contribution is -2.40. The van der Waals surface area contributed by atoms with Crippen LogP contribution in [0.3, 0.4) is 0 Å². The van der Waals surface area contributed by atoms with Gasteiger partial charge in [-0.25, -0.2) is 14.1 Å². The number of halogens is 1. The largest absolute Gasteiger partial charge is 0.345 e. The molecule has 0 radical (unpaired) electrons. The molecule has 0 saturated heterocycles. The second kappa shape index (κ2) is 8.36. The molecule has 0 fully saturated rings. The topological polar surface area (TPSA) is 88.9 Å². The number of hydrogen-bond acceptors (Lipinski definition) is 4. The van der Waals surface area contributed by atoms with Crippen molar-refractivity contribution in [2.45, 2.75) is 39.7 Å². The molecular weight excluding hydrogens is 325 g/mol. The van der Waals surface area contributed by atoms with Gasteiger partial charge in [-0.05, 0) is 43.9 Å². The molecule has 8 heteroatoms. The summed E-state index contributed by atoms with van der Waals surface area (Å²) in [5.74, 6) is -1.63. The minimum atomic E-state index is -0.829. The molecule has 134 valence electrons. The lowest BCUT2D eigenvalue weighted by molar-refractivity contribution is -0.136. The van der Waals surface area contributed by atoms with Gasteiger partial charge in [-0.3, -0.25) is 9.59 Å². The first-order valence-corrected chi connectivity index (χ1v) is 8.13. The number of hydrogen-bond donors (Lipinski definition) is 2. The van der Waals surface area contributed by atoms with Crippen molar-refractivity contribution >= 4 is 17.5 Å². The van der Waals surface area contributed by atoms with Crippen molar-refractivity contribution in [1.82, 2.24) is 20.1 Å². The normalized spacial score (nSPS) is 12.0. The zero-order chi connectivity index (χ0) is 18.4. The first-order valence-electron chi connectivity index (χ1n) is 8.13. The van der Waals surface area contributed by atoms with Crippen LogP contribution in [0, 0.1) is 11.7 Å². The Hall–Kier alpha value is -2.77. The molecule has 0 bridgehead atoms. The Labute approximate surface area is 145 Å². The standard InChI is InChI=1S/C17H22FN5O2/c1-11(2)4-5-12(3)21-16(24)17(25)22-13-6-7-15(14(18)8-13)23-10-19-9-20-23/h6-12H,4-5H2,1-3H3,(H,21,24)(H,22,25). The van der Waals surface area contributed by atoms with Crippen LogP contribution in [0.25, 0.3) is 5.69 Å². The van der Waals surface area contributed by atoms with Crippen molar-refractivity contribution in [3.05, 3.63) is 36.7 Å². The first-order chi connectivity index (χ1) is 11.9. The van der Waals surface area contributed by atoms with E-state index in [1.165, 1.54) is 29.5 Å². The fourth-order valence-corrected chi connectivity index (χ4v) is 2.24. The van der Waals surface area contributed by atoms with Gasteiger partial charge in [-0.1, -0.05) is 13.8 Å². The van der Waals surface area contributed by atoms with Crippen molar-refractivity contribution < 1.29 is 14.0 Å². The summed E-state index contributed by atoms with van der Waals surface area (Å²) in [6.45, 7) is 6.04. The van der Waals surface area contributed by atoms with Crippen LogP contribution in [0.1, 0.15) is 33.6 Å². The van der Waals surface area contributed by atoms with E-state index >= 15 is 0 Å². The molecule has 0 aliphatic carbocycles. The van der Waals surface area contributed by atoms with Gasteiger partial charge in [0.05, 0.1) is 0 Å². The average molecular weight is 347 g/mol. The van der Waals surface area contributed by atoms with Gasteiger partial charge in [-0.2, -0.15) is 5.10 Å². The molecule has 0 saturated carbocycles. The van der Waals surface area contributed by atoms with Gasteiger partial charge < -0.3 is 10.6 Å². The van der Waals surface area contributed by atoms with E-state index in [-0.39, 0.29) is 17.4 Å². The summed E-state index contributed by atoms with van der Waals surface area (Å²) < 4.78 is 15.4. The smallest absolute Gasteiger partial charge is 0.313 e. The van der Waals surface area contributed by atoms with Gasteiger partial charge >= 0.3 is 11.8 Å². The van der Waals surface area contributed by atoms with Crippen LogP contribution in [0.15, 0.2) is 30.9 Å². The number of carbonyl (C=O) groups is 2. The highest BCUT2D eigenvalue weighted by molar-refractivity contribution is 6.39. The van der Waals surface area contributed by atoms with Crippen LogP contribution in [-0.4, -0.2) is 32.6 Å². The Morgan fingerprint density at radius 3 is 2.56 bits per heavy atom. The van der Waals surface area contributed by atoms with Crippen molar-refractivity contribution in [1.29, 1.82) is 0 Å². The summed E-state index contributed by atoms with van der Waals surface area (Å²) in [6.07, 6.45) is 4.40. The molecule has 0 spiro atoms. The Morgan fingerprint density at radius 2 is 1.96 bits per heavy atom. The van der Waals surface area contributed by atoms with Crippen LogP contribution in [0.5, 0.6) is 0 Å². The molecule has 1 aromatic heterocycles. The Morgan fingerprint density at radius 1 is 1.20 bits per heavy atom. The van der Waals surface area contributed by atoms with E-state index < -0.39 is 17.6 Å². The third-order valence-corrected chi connectivity index (χ3v) is 3.63. The summed E-state index contributed by atoms with van der Waals surface area (Å²) in [5.41, 5.74) is 0.388. The monoisotopic (exact) mass is 347 g/mol. The molecule has 0 aliphatic heterocycles. The summed E-state index contributed by atoms with van der Waals surface area (Å²) in [7, 11) is 0. The number of aromatic nitrogens is 3. The Bertz CT molecular complexity index is 731. The van der Waals surface area contributed by atoms with Crippen LogP contribution < -0.4 is 10.6 Å². The molecule has 2 rings (SSSR count). The Balaban J connectivity index is 1.94. The molecule has 2 aromatic rings. The van der Waals surface area contributed by atoms with Gasteiger partial charge in [0.15, 0.2) is 5.82 Å². The second-order valence-electron chi connectivity index (χ2n) is 6.31. The maximum Gasteiger partial charge on any atom is 0.313 e. The molecule has 7 nitrogen and oxygen atoms in total. The zero-order valence-electron chi connectivity index (χ0n) is 14.5. The number of amides is 2. The van der Waals surface area contributed by atoms with Crippen molar-refractivity contribution in [3.63, 3.8) is 0 Å². The summed E-state index contributed by atoms with van der Waals surface area (Å²) in [4.78, 5) is 27.6. The van der Waals surface area contributed by atoms with E-state index in [0.29, 0.717) is 5.92 Å². The highest BCUT2D eigenvalue weighted by Gasteiger charge is 2.17. The number of nitrogens with one attached hydrogen (secondary N) is 2. The molecule has 1 unspecified atom stereocenters. The van der Waals surface area contributed by atoms with E-state index in [0.717, 1.165) is 18.9 Å². The molecule has 1 heterocycles. The van der Waals surface area contributed by atoms with Gasteiger partial charge in [0.1, 0.15) is 18.3 Å². The van der Waals surface area contributed by atoms with E-state index in [2.05, 4.69) is 34.6 Å². The van der Waals surface area contributed by atoms with E-state index in [9.17, 15) is 14.0 Å². The van der Waals surface area contributed by atoms with Crippen molar-refractivity contribution in [2.24, 2.45) is 5.92 Å². The number of carbonyl (C=O) groups excluding carboxylic acids is 2. The lowest BCUT2D eigenvalue weighted by atomic mass is 10.0. The van der Waals surface area contributed by atoms with Crippen molar-refractivity contribution in [2.75, 3.05) is 5.32 Å². The highest BCUT2D eigenvalue weighted by Crippen LogP contribution is 2.17. The van der Waals surface area contributed by atoms with E-state index in [1.54, 1.807) is 0 Å². The predicted octanol–water partition coefficient (Wildman–Crippen LogP) is 2.29. The number of anilines is 1. The summed E-state index contributed by atoms with van der Waals surface area (Å²) in [6, 6.07) is 3.97. The molecular formula is C17H22FN5O2. The zero-order valence-corrected chi connectivity index (χ0v) is 14.5. The van der Waals surface area contributed by atoms with Crippen LogP contribution >= 0.6 is 0 Å². The minimum absolute atomic E-state index is 0.105. The summed E-state index contributed by atoms with van der Waals surface area (Å²) in [5, 5.41) is 8.87. The van der Waals surface area contributed by atoms with E-state index in [4.69, 9.17) is 0 Å². The van der Waals surface area contributed by atoms with Gasteiger partial charge in [0.25, 0.3) is 0 Å². The maximum absolute atomic E-state index is 14.1. The van der Waals surface area contributed by atoms with Crippen LogP contribution in [-0.2, 0) is 9.59 Å². The highest BCUT2D eigenvalue weighted by atomic mass is 19.1. The molecule has 25 heavy (non-hydrogen) atoms. The fraction of sp³-hybridized carbons (Fsp3) is 0.412. The first kappa shape index (κ1) is 18.6. The van der Waals surface area contributed by atoms with Gasteiger partial charge in [0.2, 0.25) is 0 Å². The van der Waals surface area contributed by atoms with Gasteiger partial charge in [0, 0.05) is 11.7 Å². The lowest BCUT2D eigenvalue weighted by Gasteiger charge is -2.15. The number of benzene rings is 1. The second-order valence-corrected chi connectivity index (χ2v) is 6.31. The van der Waals surface area contributed by atoms with Gasteiger partial charge in [-0.15, -0.1) is 0 Å². The third-order valence-electron chi connectivity index (χ3n) is 3.63. The van der Waals surface area contributed by atoms with Crippen molar-refractivity contribution in [3.8, 4) is 5.69 Å². The fourth-order valence-electron chi connectivity index (χ4n) is 2.24. The molecule has 2 N–H and O–H groups in total. The maximum atomic E-state index is 14.1. The molecule has 2 amide bonds. The van der Waals surface area contributed by atoms with Crippen LogP contribution in [0.2, 0.25) is 0 Å². The summed E-state index contributed by atoms with van der Waals surface area (Å²) >= 11 is 0. The number of rotatable bonds is 6. The minimum Gasteiger partial charge on any atom is -0.345 e. The third kappa shape index (κ3) is 5.37. The SMILES string of the molecule is CC(C)CCC(C)NC(=O)C(=O)Nc1ccc(-n2cncn2)c(F)c1. The van der Waals surface area contributed by atoms with E-state index in [1.807, 2.05) is 6.92 Å². The van der Waals surface area contributed by atoms with Crippen LogP contribution in [0.4, 0.5) is 10.1 Å². The predicted molar refractivity (Wildman–Crippen MR) is 91.6 cm³/mol.